The van der Waals surface area contributed by atoms with Crippen LogP contribution in [0, 0.1) is 0 Å². The molecule has 2 aliphatic rings. The molecule has 0 N–H and O–H groups in total. The first-order valence-corrected chi connectivity index (χ1v) is 5.63. The molecule has 18 heavy (non-hydrogen) atoms. The maximum Gasteiger partial charge on any atom is 0.585 e. The summed E-state index contributed by atoms with van der Waals surface area (Å²) in [5.74, 6) is -0.874. The highest BCUT2D eigenvalue weighted by atomic mass is 16.7. The van der Waals surface area contributed by atoms with Crippen LogP contribution in [0.25, 0.3) is 0 Å². The molecule has 0 radical (unpaired) electrons. The second kappa shape index (κ2) is 3.89. The van der Waals surface area contributed by atoms with E-state index in [0.29, 0.717) is 5.59 Å². The first kappa shape index (κ1) is 11.4. The lowest BCUT2D eigenvalue weighted by Crippen LogP contribution is -2.46. The summed E-state index contributed by atoms with van der Waals surface area (Å²) in [6, 6.07) is 5.22. The van der Waals surface area contributed by atoms with Gasteiger partial charge in [0.25, 0.3) is 0 Å². The third-order valence-electron chi connectivity index (χ3n) is 3.14. The lowest BCUT2D eigenvalue weighted by molar-refractivity contribution is -0.148. The summed E-state index contributed by atoms with van der Waals surface area (Å²) in [6.45, 7) is 0.429. The molecule has 1 spiro atoms. The number of hydrogen-bond acceptors (Lipinski definition) is 6. The lowest BCUT2D eigenvalue weighted by atomic mass is 9.84. The number of ketones is 1. The van der Waals surface area contributed by atoms with Crippen molar-refractivity contribution in [2.75, 3.05) is 20.1 Å². The molecule has 1 unspecified atom stereocenters. The van der Waals surface area contributed by atoms with Gasteiger partial charge in [0.05, 0.1) is 12.1 Å². The third kappa shape index (κ3) is 1.55. The minimum absolute atomic E-state index is 0.198. The minimum Gasteiger partial charge on any atom is -0.502 e. The Morgan fingerprint density at radius 2 is 2.28 bits per heavy atom. The normalized spacial score (nSPS) is 28.2. The molecular weight excluding hydrogens is 235 g/mol. The fourth-order valence-corrected chi connectivity index (χ4v) is 2.26. The van der Waals surface area contributed by atoms with Gasteiger partial charge in [-0.25, -0.2) is 0 Å². The zero-order valence-corrected chi connectivity index (χ0v) is 9.83. The second-order valence-corrected chi connectivity index (χ2v) is 4.53. The van der Waals surface area contributed by atoms with Gasteiger partial charge in [0.2, 0.25) is 5.60 Å². The van der Waals surface area contributed by atoms with Crippen LogP contribution in [0.15, 0.2) is 24.4 Å². The van der Waals surface area contributed by atoms with Gasteiger partial charge in [-0.2, -0.15) is 0 Å². The van der Waals surface area contributed by atoms with Gasteiger partial charge < -0.3 is 9.31 Å². The Balaban J connectivity index is 1.89. The second-order valence-electron chi connectivity index (χ2n) is 4.53. The predicted molar refractivity (Wildman–Crippen MR) is 62.0 cm³/mol. The van der Waals surface area contributed by atoms with Gasteiger partial charge in [-0.1, -0.05) is 6.07 Å². The van der Waals surface area contributed by atoms with Gasteiger partial charge in [0, 0.05) is 12.7 Å². The first-order valence-electron chi connectivity index (χ1n) is 5.63. The summed E-state index contributed by atoms with van der Waals surface area (Å²) in [4.78, 5) is 29.6. The van der Waals surface area contributed by atoms with Crippen molar-refractivity contribution in [3.63, 3.8) is 0 Å². The van der Waals surface area contributed by atoms with E-state index in [1.165, 1.54) is 0 Å². The number of likely N-dealkylation sites (tertiary alicyclic amines) is 1. The highest BCUT2D eigenvalue weighted by Crippen LogP contribution is 2.29. The van der Waals surface area contributed by atoms with Crippen molar-refractivity contribution in [1.29, 1.82) is 0 Å². The van der Waals surface area contributed by atoms with Gasteiger partial charge in [-0.05, 0) is 19.2 Å². The number of carbonyl (C=O) groups excluding carboxylic acids is 2. The van der Waals surface area contributed by atoms with E-state index in [4.69, 9.17) is 9.31 Å². The fourth-order valence-electron chi connectivity index (χ4n) is 2.26. The van der Waals surface area contributed by atoms with Crippen LogP contribution in [0.5, 0.6) is 0 Å². The van der Waals surface area contributed by atoms with Gasteiger partial charge in [0.1, 0.15) is 0 Å². The average Bonchev–Trinajstić information content (AvgIpc) is 2.83. The van der Waals surface area contributed by atoms with E-state index in [1.807, 2.05) is 0 Å². The Bertz CT molecular complexity index is 509. The Kier molecular flexibility index (Phi) is 2.46. The van der Waals surface area contributed by atoms with Crippen LogP contribution in [0.1, 0.15) is 0 Å². The van der Waals surface area contributed by atoms with Crippen LogP contribution < -0.4 is 5.59 Å². The molecule has 6 nitrogen and oxygen atoms in total. The smallest absolute Gasteiger partial charge is 0.502 e. The largest absolute Gasteiger partial charge is 0.585 e. The summed E-state index contributed by atoms with van der Waals surface area (Å²) < 4.78 is 10.7. The van der Waals surface area contributed by atoms with Crippen LogP contribution >= 0.6 is 0 Å². The SMILES string of the molecule is CN1CC(=O)C2(C1)OB(c1ccccn1)OC2=O. The number of likely N-dealkylation sites (N-methyl/N-ethyl adjacent to an activating group) is 1. The standard InChI is InChI=1S/C11H11BN2O4/c1-14-6-8(15)11(7-14)10(16)17-12(18-11)9-4-2-3-5-13-9/h2-5H,6-7H2,1H3. The molecule has 3 rings (SSSR count). The van der Waals surface area contributed by atoms with Crippen molar-refractivity contribution in [1.82, 2.24) is 9.88 Å². The summed E-state index contributed by atoms with van der Waals surface area (Å²) in [5.41, 5.74) is -0.971. The number of aromatic nitrogens is 1. The van der Waals surface area contributed by atoms with E-state index >= 15 is 0 Å². The highest BCUT2D eigenvalue weighted by Gasteiger charge is 2.61. The van der Waals surface area contributed by atoms with Crippen molar-refractivity contribution in [3.05, 3.63) is 24.4 Å². The molecular formula is C11H11BN2O4. The molecule has 0 saturated carbocycles. The van der Waals surface area contributed by atoms with Crippen LogP contribution in [0.3, 0.4) is 0 Å². The van der Waals surface area contributed by atoms with Gasteiger partial charge in [-0.3, -0.25) is 19.5 Å². The van der Waals surface area contributed by atoms with Gasteiger partial charge in [-0.15, -0.1) is 0 Å². The van der Waals surface area contributed by atoms with E-state index in [1.54, 1.807) is 36.3 Å². The molecule has 7 heteroatoms. The van der Waals surface area contributed by atoms with Crippen LogP contribution in [-0.2, 0) is 18.9 Å². The van der Waals surface area contributed by atoms with E-state index in [0.717, 1.165) is 0 Å². The third-order valence-corrected chi connectivity index (χ3v) is 3.14. The molecule has 0 bridgehead atoms. The maximum atomic E-state index is 11.9. The van der Waals surface area contributed by atoms with Crippen molar-refractivity contribution in [3.8, 4) is 0 Å². The molecule has 2 fully saturated rings. The zero-order chi connectivity index (χ0) is 12.8. The molecule has 1 atom stereocenters. The zero-order valence-electron chi connectivity index (χ0n) is 9.83. The Labute approximate surface area is 104 Å². The van der Waals surface area contributed by atoms with Gasteiger partial charge in [0.15, 0.2) is 5.78 Å². The van der Waals surface area contributed by atoms with Crippen molar-refractivity contribution >= 4 is 24.5 Å². The molecule has 0 amide bonds. The first-order chi connectivity index (χ1) is 8.62. The van der Waals surface area contributed by atoms with Crippen LogP contribution in [0.4, 0.5) is 0 Å². The van der Waals surface area contributed by atoms with E-state index in [-0.39, 0.29) is 18.9 Å². The average molecular weight is 246 g/mol. The van der Waals surface area contributed by atoms with Crippen molar-refractivity contribution in [2.24, 2.45) is 0 Å². The number of Topliss-reactive ketones (excluding diaryl/α,β-unsaturated/α-hetero) is 1. The van der Waals surface area contributed by atoms with Crippen molar-refractivity contribution < 1.29 is 18.9 Å². The topological polar surface area (TPSA) is 68.7 Å². The highest BCUT2D eigenvalue weighted by molar-refractivity contribution is 6.64. The Morgan fingerprint density at radius 1 is 1.44 bits per heavy atom. The lowest BCUT2D eigenvalue weighted by Gasteiger charge is -2.16. The number of nitrogens with zero attached hydrogens (tertiary/aromatic N) is 2. The molecule has 92 valence electrons. The summed E-state index contributed by atoms with van der Waals surface area (Å²) in [7, 11) is 0.867. The molecule has 2 aliphatic heterocycles. The van der Waals surface area contributed by atoms with Crippen LogP contribution in [-0.4, -0.2) is 54.5 Å². The van der Waals surface area contributed by atoms with Gasteiger partial charge >= 0.3 is 13.1 Å². The molecule has 3 heterocycles. The molecule has 0 aliphatic carbocycles. The summed E-state index contributed by atoms with van der Waals surface area (Å²) in [5, 5.41) is 0. The summed E-state index contributed by atoms with van der Waals surface area (Å²) >= 11 is 0. The number of rotatable bonds is 1. The Morgan fingerprint density at radius 3 is 2.89 bits per heavy atom. The number of pyridine rings is 1. The predicted octanol–water partition coefficient (Wildman–Crippen LogP) is -1.40. The molecule has 1 aromatic rings. The van der Waals surface area contributed by atoms with E-state index < -0.39 is 18.7 Å². The summed E-state index contributed by atoms with van der Waals surface area (Å²) in [6.07, 6.45) is 1.58. The maximum absolute atomic E-state index is 11.9. The van der Waals surface area contributed by atoms with E-state index in [2.05, 4.69) is 4.98 Å². The minimum atomic E-state index is -1.46. The van der Waals surface area contributed by atoms with Crippen molar-refractivity contribution in [2.45, 2.75) is 5.60 Å². The van der Waals surface area contributed by atoms with Crippen LogP contribution in [0.2, 0.25) is 0 Å². The monoisotopic (exact) mass is 246 g/mol. The quantitative estimate of drug-likeness (QED) is 0.448. The van der Waals surface area contributed by atoms with E-state index in [9.17, 15) is 9.59 Å². The number of hydrogen-bond donors (Lipinski definition) is 0. The molecule has 0 aromatic carbocycles. The molecule has 2 saturated heterocycles. The number of carbonyl (C=O) groups is 2. The fraction of sp³-hybridized carbons (Fsp3) is 0.364. The Hall–Kier alpha value is -1.73. The molecule has 1 aromatic heterocycles.